The SMILES string of the molecule is CCC(N)(C#N)CCCSc1ccc(C)cc1. The normalized spacial score (nSPS) is 14.0. The molecule has 0 aliphatic rings. The van der Waals surface area contributed by atoms with Gasteiger partial charge in [-0.3, -0.25) is 0 Å². The standard InChI is InChI=1S/C14H20N2S/c1-3-14(16,11-15)9-4-10-17-13-7-5-12(2)6-8-13/h5-8H,3-4,9-10,16H2,1-2H3. The topological polar surface area (TPSA) is 49.8 Å². The molecule has 1 atom stereocenters. The fourth-order valence-corrected chi connectivity index (χ4v) is 2.38. The predicted octanol–water partition coefficient (Wildman–Crippen LogP) is 3.50. The Bertz CT molecular complexity index is 380. The average molecular weight is 248 g/mol. The Kier molecular flexibility index (Phi) is 5.54. The maximum absolute atomic E-state index is 8.95. The number of aryl methyl sites for hydroxylation is 1. The maximum Gasteiger partial charge on any atom is 0.104 e. The fourth-order valence-electron chi connectivity index (χ4n) is 1.52. The van der Waals surface area contributed by atoms with Crippen LogP contribution in [0.25, 0.3) is 0 Å². The zero-order valence-corrected chi connectivity index (χ0v) is 11.4. The summed E-state index contributed by atoms with van der Waals surface area (Å²) in [6.45, 7) is 4.06. The van der Waals surface area contributed by atoms with E-state index in [0.717, 1.165) is 25.0 Å². The molecule has 17 heavy (non-hydrogen) atoms. The highest BCUT2D eigenvalue weighted by Gasteiger charge is 2.20. The van der Waals surface area contributed by atoms with E-state index in [9.17, 15) is 0 Å². The zero-order valence-electron chi connectivity index (χ0n) is 10.6. The highest BCUT2D eigenvalue weighted by molar-refractivity contribution is 7.99. The number of nitrogens with zero attached hydrogens (tertiary/aromatic N) is 1. The van der Waals surface area contributed by atoms with Gasteiger partial charge in [0.25, 0.3) is 0 Å². The molecular formula is C14H20N2S. The smallest absolute Gasteiger partial charge is 0.104 e. The first kappa shape index (κ1) is 14.1. The van der Waals surface area contributed by atoms with Gasteiger partial charge in [-0.1, -0.05) is 24.6 Å². The average Bonchev–Trinajstić information content (AvgIpc) is 2.36. The largest absolute Gasteiger partial charge is 0.313 e. The molecule has 92 valence electrons. The Labute approximate surface area is 108 Å². The highest BCUT2D eigenvalue weighted by atomic mass is 32.2. The van der Waals surface area contributed by atoms with E-state index in [1.165, 1.54) is 10.5 Å². The van der Waals surface area contributed by atoms with E-state index >= 15 is 0 Å². The lowest BCUT2D eigenvalue weighted by Gasteiger charge is -2.18. The Balaban J connectivity index is 2.29. The van der Waals surface area contributed by atoms with Crippen LogP contribution in [0.2, 0.25) is 0 Å². The van der Waals surface area contributed by atoms with Gasteiger partial charge < -0.3 is 5.73 Å². The van der Waals surface area contributed by atoms with E-state index < -0.39 is 5.54 Å². The number of rotatable bonds is 6. The first-order valence-electron chi connectivity index (χ1n) is 5.99. The summed E-state index contributed by atoms with van der Waals surface area (Å²) in [4.78, 5) is 1.28. The van der Waals surface area contributed by atoms with Gasteiger partial charge in [0, 0.05) is 4.90 Å². The van der Waals surface area contributed by atoms with E-state index in [0.29, 0.717) is 0 Å². The summed E-state index contributed by atoms with van der Waals surface area (Å²) in [6, 6.07) is 10.7. The van der Waals surface area contributed by atoms with Crippen molar-refractivity contribution < 1.29 is 0 Å². The molecule has 0 radical (unpaired) electrons. The lowest BCUT2D eigenvalue weighted by molar-refractivity contribution is 0.478. The summed E-state index contributed by atoms with van der Waals surface area (Å²) < 4.78 is 0. The van der Waals surface area contributed by atoms with Crippen molar-refractivity contribution in [3.63, 3.8) is 0 Å². The predicted molar refractivity (Wildman–Crippen MR) is 74.0 cm³/mol. The minimum atomic E-state index is -0.631. The molecule has 2 N–H and O–H groups in total. The van der Waals surface area contributed by atoms with Gasteiger partial charge in [-0.2, -0.15) is 5.26 Å². The van der Waals surface area contributed by atoms with Crippen molar-refractivity contribution in [1.29, 1.82) is 5.26 Å². The van der Waals surface area contributed by atoms with Crippen molar-refractivity contribution in [2.24, 2.45) is 5.73 Å². The van der Waals surface area contributed by atoms with Crippen LogP contribution < -0.4 is 5.73 Å². The van der Waals surface area contributed by atoms with Crippen LogP contribution in [0.3, 0.4) is 0 Å². The first-order valence-corrected chi connectivity index (χ1v) is 6.98. The third kappa shape index (κ3) is 4.80. The maximum atomic E-state index is 8.95. The molecule has 0 saturated heterocycles. The van der Waals surface area contributed by atoms with Crippen molar-refractivity contribution in [3.8, 4) is 6.07 Å². The first-order chi connectivity index (χ1) is 8.09. The molecule has 0 spiro atoms. The lowest BCUT2D eigenvalue weighted by Crippen LogP contribution is -2.37. The summed E-state index contributed by atoms with van der Waals surface area (Å²) in [7, 11) is 0. The van der Waals surface area contributed by atoms with Crippen LogP contribution in [0.1, 0.15) is 31.7 Å². The summed E-state index contributed by atoms with van der Waals surface area (Å²) in [5, 5.41) is 8.95. The fraction of sp³-hybridized carbons (Fsp3) is 0.500. The Morgan fingerprint density at radius 2 is 2.00 bits per heavy atom. The van der Waals surface area contributed by atoms with E-state index in [-0.39, 0.29) is 0 Å². The molecule has 0 saturated carbocycles. The van der Waals surface area contributed by atoms with Crippen LogP contribution in [0.5, 0.6) is 0 Å². The number of hydrogen-bond donors (Lipinski definition) is 1. The van der Waals surface area contributed by atoms with Gasteiger partial charge in [-0.15, -0.1) is 11.8 Å². The third-order valence-corrected chi connectivity index (χ3v) is 4.01. The molecule has 1 rings (SSSR count). The van der Waals surface area contributed by atoms with Crippen molar-refractivity contribution in [1.82, 2.24) is 0 Å². The molecule has 3 heteroatoms. The van der Waals surface area contributed by atoms with Gasteiger partial charge in [0.05, 0.1) is 6.07 Å². The Morgan fingerprint density at radius 3 is 2.53 bits per heavy atom. The number of thioether (sulfide) groups is 1. The van der Waals surface area contributed by atoms with Crippen molar-refractivity contribution >= 4 is 11.8 Å². The molecule has 2 nitrogen and oxygen atoms in total. The van der Waals surface area contributed by atoms with Crippen LogP contribution in [0, 0.1) is 18.3 Å². The number of hydrogen-bond acceptors (Lipinski definition) is 3. The number of nitriles is 1. The van der Waals surface area contributed by atoms with Gasteiger partial charge in [-0.05, 0) is 44.1 Å². The van der Waals surface area contributed by atoms with E-state index in [1.54, 1.807) is 0 Å². The van der Waals surface area contributed by atoms with Crippen LogP contribution in [0.15, 0.2) is 29.2 Å². The second kappa shape index (κ2) is 6.68. The molecule has 0 aromatic heterocycles. The monoisotopic (exact) mass is 248 g/mol. The third-order valence-electron chi connectivity index (χ3n) is 2.91. The highest BCUT2D eigenvalue weighted by Crippen LogP contribution is 2.21. The quantitative estimate of drug-likeness (QED) is 0.619. The minimum Gasteiger partial charge on any atom is -0.313 e. The van der Waals surface area contributed by atoms with Gasteiger partial charge in [0.1, 0.15) is 5.54 Å². The van der Waals surface area contributed by atoms with Crippen LogP contribution >= 0.6 is 11.8 Å². The number of benzene rings is 1. The second-order valence-electron chi connectivity index (χ2n) is 4.39. The van der Waals surface area contributed by atoms with Crippen molar-refractivity contribution in [3.05, 3.63) is 29.8 Å². The molecule has 0 heterocycles. The zero-order chi connectivity index (χ0) is 12.7. The molecule has 0 amide bonds. The Morgan fingerprint density at radius 1 is 1.35 bits per heavy atom. The van der Waals surface area contributed by atoms with Gasteiger partial charge >= 0.3 is 0 Å². The molecule has 1 unspecified atom stereocenters. The lowest BCUT2D eigenvalue weighted by atomic mass is 9.94. The van der Waals surface area contributed by atoms with Crippen molar-refractivity contribution in [2.45, 2.75) is 43.5 Å². The van der Waals surface area contributed by atoms with E-state index in [2.05, 4.69) is 37.3 Å². The Hall–Kier alpha value is -0.980. The molecule has 0 aliphatic carbocycles. The summed E-state index contributed by atoms with van der Waals surface area (Å²) in [5.74, 6) is 1.02. The minimum absolute atomic E-state index is 0.631. The van der Waals surface area contributed by atoms with Crippen LogP contribution in [-0.4, -0.2) is 11.3 Å². The second-order valence-corrected chi connectivity index (χ2v) is 5.55. The van der Waals surface area contributed by atoms with Crippen LogP contribution in [0.4, 0.5) is 0 Å². The molecule has 0 aliphatic heterocycles. The summed E-state index contributed by atoms with van der Waals surface area (Å²) in [6.07, 6.45) is 2.48. The number of nitrogens with two attached hydrogens (primary N) is 1. The van der Waals surface area contributed by atoms with E-state index in [4.69, 9.17) is 11.0 Å². The molecule has 0 bridgehead atoms. The van der Waals surface area contributed by atoms with Crippen molar-refractivity contribution in [2.75, 3.05) is 5.75 Å². The molecular weight excluding hydrogens is 228 g/mol. The van der Waals surface area contributed by atoms with Gasteiger partial charge in [0.15, 0.2) is 0 Å². The van der Waals surface area contributed by atoms with Gasteiger partial charge in [0.2, 0.25) is 0 Å². The van der Waals surface area contributed by atoms with Gasteiger partial charge in [-0.25, -0.2) is 0 Å². The molecule has 1 aromatic carbocycles. The van der Waals surface area contributed by atoms with E-state index in [1.807, 2.05) is 18.7 Å². The molecule has 0 fully saturated rings. The van der Waals surface area contributed by atoms with Crippen LogP contribution in [-0.2, 0) is 0 Å². The summed E-state index contributed by atoms with van der Waals surface area (Å²) >= 11 is 1.83. The summed E-state index contributed by atoms with van der Waals surface area (Å²) in [5.41, 5.74) is 6.58. The molecule has 1 aromatic rings.